The van der Waals surface area contributed by atoms with E-state index in [-0.39, 0.29) is 91.3 Å². The molecule has 0 fully saturated rings. The molecule has 0 aliphatic rings. The van der Waals surface area contributed by atoms with E-state index in [1.807, 2.05) is 12.1 Å². The summed E-state index contributed by atoms with van der Waals surface area (Å²) in [5.74, 6) is 1.73. The van der Waals surface area contributed by atoms with Gasteiger partial charge in [-0.2, -0.15) is 0 Å². The number of aryl methyl sites for hydroxylation is 3. The molecule has 0 atom stereocenters. The third-order valence-electron chi connectivity index (χ3n) is 15.5. The van der Waals surface area contributed by atoms with Crippen LogP contribution in [0.25, 0.3) is 45.0 Å². The van der Waals surface area contributed by atoms with Crippen LogP contribution in [0.3, 0.4) is 0 Å². The van der Waals surface area contributed by atoms with E-state index in [1.54, 1.807) is 0 Å². The Kier molecular flexibility index (Phi) is 33.6. The van der Waals surface area contributed by atoms with Crippen LogP contribution in [-0.4, -0.2) is 52.2 Å². The van der Waals surface area contributed by atoms with Crippen molar-refractivity contribution in [2.24, 2.45) is 11.3 Å². The first-order valence-corrected chi connectivity index (χ1v) is 45.6. The quantitative estimate of drug-likeness (QED) is 0.0853. The van der Waals surface area contributed by atoms with Gasteiger partial charge < -0.3 is 19.9 Å². The zero-order chi connectivity index (χ0) is 64.5. The van der Waals surface area contributed by atoms with Crippen molar-refractivity contribution in [3.8, 4) is 45.0 Å². The van der Waals surface area contributed by atoms with Crippen LogP contribution >= 0.6 is 0 Å². The first-order chi connectivity index (χ1) is 39.6. The van der Waals surface area contributed by atoms with Gasteiger partial charge >= 0.3 is 0 Å². The predicted octanol–water partition coefficient (Wildman–Crippen LogP) is 19.6. The number of hydrogen-bond donors (Lipinski definition) is 0. The molecule has 4 nitrogen and oxygen atoms in total. The average molecular weight is 1980 g/mol. The number of hydrogen-bond acceptors (Lipinski definition) is 4. The molecule has 0 saturated carbocycles. The van der Waals surface area contributed by atoms with E-state index < -0.39 is 32.3 Å². The van der Waals surface area contributed by atoms with Gasteiger partial charge in [-0.3, -0.25) is 0 Å². The summed E-state index contributed by atoms with van der Waals surface area (Å²) < 4.78 is 0. The van der Waals surface area contributed by atoms with Crippen LogP contribution in [0.4, 0.5) is 0 Å². The fraction of sp³-hybridized carbons (Fsp3) is 0.436. The summed E-state index contributed by atoms with van der Waals surface area (Å²) in [6, 6.07) is 48.0. The molecule has 0 aliphatic heterocycles. The zero-order valence-electron chi connectivity index (χ0n) is 59.8. The SMILES string of the molecule is CC(C)(C)Cc1cc(-c2[c-]cc(C(C)(C)C)cc2)ncc1[Si](C)(C)C.CC(C)c1c[c-]c(-c2cc(C(C)C)c([Si](C)(C)C)cn2)cc1.Cc1c[c-]c(-c2cc(C)c([Si](C)(C)C)cn2)cc1.Cc1c[c-]c(-c2cc(CC(C)C)c([Si](C)(C)C)cn2)cc1.[Ir].[Ir].[Ir].[Ir]. The largest absolute Gasteiger partial charge is 0.305 e. The van der Waals surface area contributed by atoms with Crippen LogP contribution in [0.5, 0.6) is 0 Å². The van der Waals surface area contributed by atoms with Gasteiger partial charge in [0.05, 0.1) is 32.3 Å². The molecule has 4 aromatic carbocycles. The van der Waals surface area contributed by atoms with Gasteiger partial charge in [0, 0.05) is 105 Å². The molecule has 0 bridgehead atoms. The van der Waals surface area contributed by atoms with Gasteiger partial charge in [0.15, 0.2) is 0 Å². The maximum Gasteiger partial charge on any atom is 0.0799 e. The minimum atomic E-state index is -1.41. The van der Waals surface area contributed by atoms with Crippen LogP contribution in [0, 0.1) is 56.4 Å². The van der Waals surface area contributed by atoms with E-state index in [2.05, 4.69) is 321 Å². The van der Waals surface area contributed by atoms with Gasteiger partial charge in [0.1, 0.15) is 0 Å². The van der Waals surface area contributed by atoms with Crippen molar-refractivity contribution in [2.45, 2.75) is 213 Å². The summed E-state index contributed by atoms with van der Waals surface area (Å²) in [4.78, 5) is 18.9. The van der Waals surface area contributed by atoms with E-state index in [9.17, 15) is 0 Å². The molecule has 12 heteroatoms. The van der Waals surface area contributed by atoms with Gasteiger partial charge in [-0.05, 0) is 86.0 Å². The van der Waals surface area contributed by atoms with Crippen molar-refractivity contribution in [1.29, 1.82) is 0 Å². The molecule has 4 heterocycles. The second-order valence-electron chi connectivity index (χ2n) is 31.5. The Balaban J connectivity index is 0.000000594. The van der Waals surface area contributed by atoms with Crippen LogP contribution in [0.2, 0.25) is 78.6 Å². The monoisotopic (exact) mass is 1980 g/mol. The molecule has 8 rings (SSSR count). The second-order valence-corrected chi connectivity index (χ2v) is 51.6. The molecule has 0 N–H and O–H groups in total. The van der Waals surface area contributed by atoms with E-state index in [0.717, 1.165) is 57.9 Å². The number of pyridine rings is 4. The molecular weight excluding hydrogens is 1870 g/mol. The van der Waals surface area contributed by atoms with Crippen LogP contribution in [0.1, 0.15) is 139 Å². The Morgan fingerprint density at radius 3 is 1.10 bits per heavy atom. The smallest absolute Gasteiger partial charge is 0.0799 e. The van der Waals surface area contributed by atoms with E-state index in [0.29, 0.717) is 17.8 Å². The molecule has 90 heavy (non-hydrogen) atoms. The molecule has 0 aliphatic carbocycles. The summed E-state index contributed by atoms with van der Waals surface area (Å²) in [7, 11) is -5.40. The summed E-state index contributed by atoms with van der Waals surface area (Å²) >= 11 is 0. The van der Waals surface area contributed by atoms with Gasteiger partial charge in [-0.1, -0.05) is 228 Å². The maximum absolute atomic E-state index is 4.80. The molecule has 0 unspecified atom stereocenters. The Labute approximate surface area is 607 Å². The summed E-state index contributed by atoms with van der Waals surface area (Å²) in [6.45, 7) is 62.1. The average Bonchev–Trinajstić information content (AvgIpc) is 0.847. The number of nitrogens with zero attached hydrogens (tertiary/aromatic N) is 4. The van der Waals surface area contributed by atoms with Crippen molar-refractivity contribution in [1.82, 2.24) is 19.9 Å². The van der Waals surface area contributed by atoms with Gasteiger partial charge in [0.2, 0.25) is 0 Å². The Morgan fingerprint density at radius 2 is 0.767 bits per heavy atom. The molecule has 0 saturated heterocycles. The first-order valence-electron chi connectivity index (χ1n) is 31.6. The molecule has 8 aromatic rings. The van der Waals surface area contributed by atoms with Crippen molar-refractivity contribution >= 4 is 53.0 Å². The van der Waals surface area contributed by atoms with Gasteiger partial charge in [0.25, 0.3) is 0 Å². The summed E-state index contributed by atoms with van der Waals surface area (Å²) in [5, 5.41) is 5.90. The third kappa shape index (κ3) is 25.9. The van der Waals surface area contributed by atoms with Gasteiger partial charge in [-0.25, -0.2) is 0 Å². The maximum atomic E-state index is 4.80. The topological polar surface area (TPSA) is 51.6 Å². The van der Waals surface area contributed by atoms with Crippen molar-refractivity contribution < 1.29 is 80.4 Å². The first kappa shape index (κ1) is 85.0. The number of rotatable bonds is 13. The number of benzene rings is 4. The summed E-state index contributed by atoms with van der Waals surface area (Å²) in [5.41, 5.74) is 19.8. The second kappa shape index (κ2) is 35.6. The Bertz CT molecular complexity index is 3470. The minimum absolute atomic E-state index is 0. The predicted molar refractivity (Wildman–Crippen MR) is 389 cm³/mol. The van der Waals surface area contributed by atoms with Crippen molar-refractivity contribution in [3.63, 3.8) is 0 Å². The molecule has 496 valence electrons. The summed E-state index contributed by atoms with van der Waals surface area (Å²) in [6.07, 6.45) is 10.6. The normalized spacial score (nSPS) is 11.8. The molecule has 4 aromatic heterocycles. The van der Waals surface area contributed by atoms with E-state index in [1.165, 1.54) is 65.3 Å². The minimum Gasteiger partial charge on any atom is -0.305 e. The molecule has 0 amide bonds. The van der Waals surface area contributed by atoms with Gasteiger partial charge in [-0.15, -0.1) is 142 Å². The molecule has 4 radical (unpaired) electrons. The number of aromatic nitrogens is 4. The van der Waals surface area contributed by atoms with Crippen LogP contribution in [-0.2, 0) is 98.7 Å². The standard InChI is InChI=1S/C23H34NSi.C20H28NSi.C19H26NSi.C16H20NSi.4Ir/c1-22(2,3)15-18-14-20(24-16-21(18)25(7,8)9)17-10-12-19(13-11-17)23(4,5)6;1-14(2)16-8-10-17(11-9-16)19-12-18(15(3)4)20(13-21-19)22(5,6)7;1-14(2)11-17-12-18(16-9-7-15(3)8-10-16)20-13-19(17)21(4,5)6;1-12-6-8-14(9-7-12)15-10-13(2)16(11-17-15)18(3,4)5;;;;/h10,12-14,16H,15H2,1-9H3;8-10,12-15H,1-7H3;7-9,12-14H,11H2,1-6H3;6-8,10-11H,1-5H3;;;;/q4*-1;;;;. The van der Waals surface area contributed by atoms with E-state index in [4.69, 9.17) is 15.0 Å². The fourth-order valence-corrected chi connectivity index (χ4v) is 17.1. The van der Waals surface area contributed by atoms with Crippen molar-refractivity contribution in [2.75, 3.05) is 0 Å². The van der Waals surface area contributed by atoms with Crippen LogP contribution in [0.15, 0.2) is 122 Å². The van der Waals surface area contributed by atoms with Crippen molar-refractivity contribution in [3.05, 3.63) is 191 Å². The van der Waals surface area contributed by atoms with Crippen LogP contribution < -0.4 is 20.7 Å². The van der Waals surface area contributed by atoms with E-state index >= 15 is 0 Å². The Hall–Kier alpha value is -3.06. The fourth-order valence-electron chi connectivity index (χ4n) is 10.5. The zero-order valence-corrected chi connectivity index (χ0v) is 73.4. The molecular formula is C78H108Ir4N4Si4-4. The Morgan fingerprint density at radius 1 is 0.400 bits per heavy atom. The third-order valence-corrected chi connectivity index (χ3v) is 23.8. The molecule has 0 spiro atoms.